The van der Waals surface area contributed by atoms with Gasteiger partial charge in [0.15, 0.2) is 0 Å². The van der Waals surface area contributed by atoms with E-state index < -0.39 is 15.3 Å². The minimum absolute atomic E-state index is 0.147. The molecule has 0 bridgehead atoms. The van der Waals surface area contributed by atoms with Gasteiger partial charge in [-0.05, 0) is 26.0 Å². The van der Waals surface area contributed by atoms with E-state index in [2.05, 4.69) is 25.5 Å². The minimum atomic E-state index is -3.43. The van der Waals surface area contributed by atoms with Crippen molar-refractivity contribution in [1.29, 1.82) is 0 Å². The average molecular weight is 353 g/mol. The molecule has 9 heteroatoms. The lowest BCUT2D eigenvalue weighted by Gasteiger charge is -2.18. The van der Waals surface area contributed by atoms with Crippen LogP contribution in [0, 0.1) is 0 Å². The van der Waals surface area contributed by atoms with E-state index in [4.69, 9.17) is 0 Å². The first-order valence-electron chi connectivity index (χ1n) is 7.32. The maximum absolute atomic E-state index is 12.5. The molecule has 7 nitrogen and oxygen atoms in total. The molecule has 124 valence electrons. The first kappa shape index (κ1) is 16.5. The van der Waals surface area contributed by atoms with Gasteiger partial charge in [0.25, 0.3) is 0 Å². The van der Waals surface area contributed by atoms with Crippen molar-refractivity contribution in [2.75, 3.05) is 0 Å². The molecule has 0 saturated carbocycles. The van der Waals surface area contributed by atoms with Crippen LogP contribution in [0.2, 0.25) is 0 Å². The molecule has 23 heavy (non-hydrogen) atoms. The van der Waals surface area contributed by atoms with E-state index in [1.165, 1.54) is 11.3 Å². The van der Waals surface area contributed by atoms with E-state index >= 15 is 0 Å². The van der Waals surface area contributed by atoms with Crippen LogP contribution in [0.25, 0.3) is 11.3 Å². The second kappa shape index (κ2) is 6.62. The molecule has 1 aliphatic heterocycles. The highest BCUT2D eigenvalue weighted by atomic mass is 32.2. The van der Waals surface area contributed by atoms with Gasteiger partial charge in [0.2, 0.25) is 10.0 Å². The van der Waals surface area contributed by atoms with Gasteiger partial charge in [-0.3, -0.25) is 15.8 Å². The third kappa shape index (κ3) is 3.59. The molecule has 3 heterocycles. The van der Waals surface area contributed by atoms with Gasteiger partial charge in [-0.1, -0.05) is 0 Å². The number of nitrogens with one attached hydrogen (secondary N) is 3. The molecule has 2 aromatic heterocycles. The van der Waals surface area contributed by atoms with Crippen molar-refractivity contribution in [3.63, 3.8) is 0 Å². The van der Waals surface area contributed by atoms with Gasteiger partial charge in [-0.2, -0.15) is 0 Å². The van der Waals surface area contributed by atoms with Crippen LogP contribution >= 0.6 is 11.3 Å². The van der Waals surface area contributed by atoms with Gasteiger partial charge in [0.1, 0.15) is 10.3 Å². The number of nitrogens with zero attached hydrogens (tertiary/aromatic N) is 2. The summed E-state index contributed by atoms with van der Waals surface area (Å²) in [5.41, 5.74) is 7.72. The summed E-state index contributed by atoms with van der Waals surface area (Å²) in [4.78, 5) is 8.46. The molecule has 1 aliphatic rings. The number of thiazole rings is 1. The summed E-state index contributed by atoms with van der Waals surface area (Å²) in [5.74, 6) is 0. The second-order valence-corrected chi connectivity index (χ2v) is 8.42. The number of hydrazine groups is 1. The highest BCUT2D eigenvalue weighted by Crippen LogP contribution is 2.21. The fourth-order valence-corrected chi connectivity index (χ4v) is 5.28. The van der Waals surface area contributed by atoms with Gasteiger partial charge < -0.3 is 0 Å². The fraction of sp³-hybridized carbons (Fsp3) is 0.429. The number of aromatic nitrogens is 2. The Bertz CT molecular complexity index is 752. The van der Waals surface area contributed by atoms with Gasteiger partial charge in [0.05, 0.1) is 12.2 Å². The maximum atomic E-state index is 12.5. The van der Waals surface area contributed by atoms with Gasteiger partial charge in [-0.25, -0.2) is 18.1 Å². The Labute approximate surface area is 139 Å². The zero-order valence-corrected chi connectivity index (χ0v) is 14.5. The quantitative estimate of drug-likeness (QED) is 0.738. The Morgan fingerprint density at radius 2 is 1.87 bits per heavy atom. The molecule has 1 fully saturated rings. The van der Waals surface area contributed by atoms with Crippen molar-refractivity contribution in [3.05, 3.63) is 34.9 Å². The van der Waals surface area contributed by atoms with Crippen LogP contribution in [-0.4, -0.2) is 35.7 Å². The standard InChI is InChI=1S/C14H19N5O2S2/c1-9-14(10(2)19-18-9)23(20,21)16-7-13-17-12(8-22-13)11-3-5-15-6-4-11/h3-6,8-10,14,16,18-19H,7H2,1-2H3. The molecular weight excluding hydrogens is 334 g/mol. The summed E-state index contributed by atoms with van der Waals surface area (Å²) in [7, 11) is -3.43. The Hall–Kier alpha value is -1.39. The first-order chi connectivity index (χ1) is 11.0. The molecule has 3 rings (SSSR count). The highest BCUT2D eigenvalue weighted by molar-refractivity contribution is 7.90. The first-order valence-corrected chi connectivity index (χ1v) is 9.74. The molecule has 0 radical (unpaired) electrons. The normalized spacial score (nSPS) is 24.9. The van der Waals surface area contributed by atoms with Gasteiger partial charge >= 0.3 is 0 Å². The monoisotopic (exact) mass is 353 g/mol. The Balaban J connectivity index is 1.68. The third-order valence-electron chi connectivity index (χ3n) is 3.83. The maximum Gasteiger partial charge on any atom is 0.218 e. The van der Waals surface area contributed by atoms with E-state index in [1.807, 2.05) is 31.4 Å². The summed E-state index contributed by atoms with van der Waals surface area (Å²) < 4.78 is 27.6. The Morgan fingerprint density at radius 1 is 1.22 bits per heavy atom. The van der Waals surface area contributed by atoms with Crippen LogP contribution in [0.1, 0.15) is 18.9 Å². The van der Waals surface area contributed by atoms with Crippen LogP contribution in [0.15, 0.2) is 29.9 Å². The Kier molecular flexibility index (Phi) is 4.74. The number of hydrogen-bond donors (Lipinski definition) is 3. The predicted octanol–water partition coefficient (Wildman–Crippen LogP) is 0.878. The number of hydrogen-bond acceptors (Lipinski definition) is 7. The lowest BCUT2D eigenvalue weighted by molar-refractivity contribution is 0.544. The molecule has 0 aliphatic carbocycles. The molecule has 2 aromatic rings. The molecule has 0 aromatic carbocycles. The summed E-state index contributed by atoms with van der Waals surface area (Å²) in [6.07, 6.45) is 3.42. The van der Waals surface area contributed by atoms with E-state index in [-0.39, 0.29) is 18.6 Å². The zero-order chi connectivity index (χ0) is 16.4. The van der Waals surface area contributed by atoms with Crippen molar-refractivity contribution >= 4 is 21.4 Å². The molecule has 0 amide bonds. The SMILES string of the molecule is CC1NNC(C)C1S(=O)(=O)NCc1nc(-c2ccncc2)cs1. The van der Waals surface area contributed by atoms with Crippen LogP contribution in [-0.2, 0) is 16.6 Å². The zero-order valence-electron chi connectivity index (χ0n) is 12.9. The van der Waals surface area contributed by atoms with Crippen LogP contribution < -0.4 is 15.6 Å². The largest absolute Gasteiger partial charge is 0.265 e. The topological polar surface area (TPSA) is 96.0 Å². The van der Waals surface area contributed by atoms with Crippen LogP contribution in [0.3, 0.4) is 0 Å². The number of sulfonamides is 1. The van der Waals surface area contributed by atoms with Crippen molar-refractivity contribution < 1.29 is 8.42 Å². The average Bonchev–Trinajstić information content (AvgIpc) is 3.13. The van der Waals surface area contributed by atoms with E-state index in [1.54, 1.807) is 12.4 Å². The molecular formula is C14H19N5O2S2. The summed E-state index contributed by atoms with van der Waals surface area (Å²) in [5, 5.41) is 2.14. The number of rotatable bonds is 5. The molecule has 2 atom stereocenters. The molecule has 1 saturated heterocycles. The third-order valence-corrected chi connectivity index (χ3v) is 6.76. The van der Waals surface area contributed by atoms with Gasteiger partial charge in [-0.15, -0.1) is 11.3 Å². The smallest absolute Gasteiger partial charge is 0.218 e. The summed E-state index contributed by atoms with van der Waals surface area (Å²) >= 11 is 1.44. The van der Waals surface area contributed by atoms with E-state index in [9.17, 15) is 8.42 Å². The molecule has 0 spiro atoms. The lowest BCUT2D eigenvalue weighted by Crippen LogP contribution is -2.44. The minimum Gasteiger partial charge on any atom is -0.265 e. The van der Waals surface area contributed by atoms with Gasteiger partial charge in [0, 0.05) is 35.4 Å². The second-order valence-electron chi connectivity index (χ2n) is 5.56. The number of pyridine rings is 1. The van der Waals surface area contributed by atoms with Crippen molar-refractivity contribution in [2.24, 2.45) is 0 Å². The fourth-order valence-electron chi connectivity index (χ4n) is 2.70. The van der Waals surface area contributed by atoms with Crippen LogP contribution in [0.4, 0.5) is 0 Å². The Morgan fingerprint density at radius 3 is 2.52 bits per heavy atom. The van der Waals surface area contributed by atoms with E-state index in [0.717, 1.165) is 16.3 Å². The van der Waals surface area contributed by atoms with Crippen molar-refractivity contribution in [1.82, 2.24) is 25.5 Å². The van der Waals surface area contributed by atoms with E-state index in [0.29, 0.717) is 0 Å². The predicted molar refractivity (Wildman–Crippen MR) is 90.1 cm³/mol. The lowest BCUT2D eigenvalue weighted by atomic mass is 10.2. The van der Waals surface area contributed by atoms with Crippen LogP contribution in [0.5, 0.6) is 0 Å². The van der Waals surface area contributed by atoms with Crippen molar-refractivity contribution in [2.45, 2.75) is 37.7 Å². The summed E-state index contributed by atoms with van der Waals surface area (Å²) in [6.45, 7) is 3.91. The summed E-state index contributed by atoms with van der Waals surface area (Å²) in [6, 6.07) is 3.46. The highest BCUT2D eigenvalue weighted by Gasteiger charge is 2.40. The molecule has 2 unspecified atom stereocenters. The molecule has 3 N–H and O–H groups in total. The van der Waals surface area contributed by atoms with Crippen molar-refractivity contribution in [3.8, 4) is 11.3 Å².